The summed E-state index contributed by atoms with van der Waals surface area (Å²) in [5.74, 6) is 0. The van der Waals surface area contributed by atoms with Crippen LogP contribution in [-0.2, 0) is 9.47 Å². The van der Waals surface area contributed by atoms with E-state index in [0.29, 0.717) is 6.61 Å². The molecule has 0 amide bonds. The molecule has 1 rings (SSSR count). The summed E-state index contributed by atoms with van der Waals surface area (Å²) in [5, 5.41) is 4.19. The molecule has 1 aromatic rings. The Morgan fingerprint density at radius 3 is 2.72 bits per heavy atom. The van der Waals surface area contributed by atoms with Crippen molar-refractivity contribution in [3.05, 3.63) is 34.9 Å². The van der Waals surface area contributed by atoms with Gasteiger partial charge in [-0.25, -0.2) is 0 Å². The molecule has 0 aliphatic carbocycles. The Balaban J connectivity index is 2.14. The van der Waals surface area contributed by atoms with Gasteiger partial charge in [0.2, 0.25) is 0 Å². The van der Waals surface area contributed by atoms with Crippen LogP contribution in [0, 0.1) is 0 Å². The van der Waals surface area contributed by atoms with Gasteiger partial charge in [-0.05, 0) is 25.0 Å². The van der Waals surface area contributed by atoms with E-state index >= 15 is 0 Å². The van der Waals surface area contributed by atoms with E-state index in [1.165, 1.54) is 0 Å². The molecule has 0 bridgehead atoms. The molecule has 0 aliphatic rings. The van der Waals surface area contributed by atoms with Gasteiger partial charge in [0.1, 0.15) is 0 Å². The average Bonchev–Trinajstić information content (AvgIpc) is 2.38. The van der Waals surface area contributed by atoms with Crippen LogP contribution in [0.2, 0.25) is 5.02 Å². The molecule has 0 fully saturated rings. The predicted molar refractivity (Wildman–Crippen MR) is 75.2 cm³/mol. The number of halogens is 1. The van der Waals surface area contributed by atoms with Crippen LogP contribution in [0.4, 0.5) is 0 Å². The number of ether oxygens (including phenoxy) is 2. The number of benzene rings is 1. The summed E-state index contributed by atoms with van der Waals surface area (Å²) < 4.78 is 10.4. The molecule has 3 nitrogen and oxygen atoms in total. The minimum Gasteiger partial charge on any atom is -0.385 e. The molecule has 18 heavy (non-hydrogen) atoms. The van der Waals surface area contributed by atoms with Gasteiger partial charge >= 0.3 is 0 Å². The summed E-state index contributed by atoms with van der Waals surface area (Å²) in [7, 11) is 1.70. The van der Waals surface area contributed by atoms with Crippen LogP contribution in [0.1, 0.15) is 24.9 Å². The van der Waals surface area contributed by atoms with Gasteiger partial charge < -0.3 is 14.8 Å². The van der Waals surface area contributed by atoms with Crippen LogP contribution in [0.15, 0.2) is 24.3 Å². The molecular weight excluding hydrogens is 250 g/mol. The van der Waals surface area contributed by atoms with Crippen molar-refractivity contribution < 1.29 is 9.47 Å². The van der Waals surface area contributed by atoms with Crippen molar-refractivity contribution in [2.24, 2.45) is 0 Å². The molecule has 1 N–H and O–H groups in total. The van der Waals surface area contributed by atoms with Crippen molar-refractivity contribution in [3.8, 4) is 0 Å². The molecule has 0 saturated carbocycles. The van der Waals surface area contributed by atoms with E-state index in [9.17, 15) is 0 Å². The molecule has 0 spiro atoms. The topological polar surface area (TPSA) is 30.5 Å². The van der Waals surface area contributed by atoms with Crippen LogP contribution >= 0.6 is 11.6 Å². The Labute approximate surface area is 114 Å². The second-order valence-electron chi connectivity index (χ2n) is 4.16. The number of methoxy groups -OCH3 is 1. The summed E-state index contributed by atoms with van der Waals surface area (Å²) in [6.07, 6.45) is 0.941. The van der Waals surface area contributed by atoms with Crippen molar-refractivity contribution >= 4 is 11.6 Å². The normalized spacial score (nSPS) is 12.6. The maximum absolute atomic E-state index is 6.13. The predicted octanol–water partition coefficient (Wildman–Crippen LogP) is 3.04. The fourth-order valence-corrected chi connectivity index (χ4v) is 1.99. The average molecular weight is 272 g/mol. The largest absolute Gasteiger partial charge is 0.385 e. The Kier molecular flexibility index (Phi) is 8.01. The zero-order valence-corrected chi connectivity index (χ0v) is 11.9. The van der Waals surface area contributed by atoms with E-state index < -0.39 is 0 Å². The van der Waals surface area contributed by atoms with Gasteiger partial charge in [-0.15, -0.1) is 0 Å². The van der Waals surface area contributed by atoms with E-state index in [1.807, 2.05) is 24.3 Å². The minimum absolute atomic E-state index is 0.237. The molecular formula is C14H22ClNO2. The Morgan fingerprint density at radius 1 is 1.22 bits per heavy atom. The second-order valence-corrected chi connectivity index (χ2v) is 4.56. The fourth-order valence-electron chi connectivity index (χ4n) is 1.69. The molecule has 0 unspecified atom stereocenters. The van der Waals surface area contributed by atoms with E-state index in [4.69, 9.17) is 21.1 Å². The SMILES string of the molecule is COCCCOCCN[C@@H](C)c1ccccc1Cl. The van der Waals surface area contributed by atoms with Crippen LogP contribution in [0.5, 0.6) is 0 Å². The molecule has 1 atom stereocenters. The molecule has 0 aliphatic heterocycles. The number of rotatable bonds is 9. The first-order valence-corrected chi connectivity index (χ1v) is 6.68. The third-order valence-electron chi connectivity index (χ3n) is 2.71. The van der Waals surface area contributed by atoms with Crippen LogP contribution < -0.4 is 5.32 Å². The summed E-state index contributed by atoms with van der Waals surface area (Å²) in [5.41, 5.74) is 1.12. The monoisotopic (exact) mass is 271 g/mol. The Bertz CT molecular complexity index is 333. The quantitative estimate of drug-likeness (QED) is 0.701. The van der Waals surface area contributed by atoms with Gasteiger partial charge in [-0.2, -0.15) is 0 Å². The zero-order valence-electron chi connectivity index (χ0n) is 11.1. The lowest BCUT2D eigenvalue weighted by Crippen LogP contribution is -2.23. The highest BCUT2D eigenvalue weighted by molar-refractivity contribution is 6.31. The summed E-state index contributed by atoms with van der Waals surface area (Å²) in [6, 6.07) is 8.13. The number of nitrogens with one attached hydrogen (secondary N) is 1. The Morgan fingerprint density at radius 2 is 2.00 bits per heavy atom. The zero-order chi connectivity index (χ0) is 13.2. The summed E-state index contributed by atoms with van der Waals surface area (Å²) in [4.78, 5) is 0. The highest BCUT2D eigenvalue weighted by Crippen LogP contribution is 2.21. The van der Waals surface area contributed by atoms with Crippen molar-refractivity contribution in [2.45, 2.75) is 19.4 Å². The molecule has 0 saturated heterocycles. The second kappa shape index (κ2) is 9.34. The molecule has 0 aromatic heterocycles. The standard InChI is InChI=1S/C14H22ClNO2/c1-12(13-6-3-4-7-14(13)15)16-8-11-18-10-5-9-17-2/h3-4,6-7,12,16H,5,8-11H2,1-2H3/t12-/m0/s1. The van der Waals surface area contributed by atoms with Crippen molar-refractivity contribution in [2.75, 3.05) is 33.5 Å². The first-order valence-electron chi connectivity index (χ1n) is 6.30. The van der Waals surface area contributed by atoms with Crippen LogP contribution in [0.25, 0.3) is 0 Å². The smallest absolute Gasteiger partial charge is 0.0591 e. The van der Waals surface area contributed by atoms with Crippen molar-refractivity contribution in [3.63, 3.8) is 0 Å². The summed E-state index contributed by atoms with van der Waals surface area (Å²) >= 11 is 6.13. The molecule has 0 heterocycles. The first kappa shape index (κ1) is 15.4. The van der Waals surface area contributed by atoms with Gasteiger partial charge in [0.05, 0.1) is 6.61 Å². The highest BCUT2D eigenvalue weighted by atomic mass is 35.5. The molecule has 0 radical (unpaired) electrons. The lowest BCUT2D eigenvalue weighted by molar-refractivity contribution is 0.103. The third-order valence-corrected chi connectivity index (χ3v) is 3.05. The Hall–Kier alpha value is -0.610. The third kappa shape index (κ3) is 5.83. The molecule has 1 aromatic carbocycles. The maximum Gasteiger partial charge on any atom is 0.0591 e. The van der Waals surface area contributed by atoms with Gasteiger partial charge in [-0.3, -0.25) is 0 Å². The van der Waals surface area contributed by atoms with Crippen LogP contribution in [0.3, 0.4) is 0 Å². The lowest BCUT2D eigenvalue weighted by atomic mass is 10.1. The lowest BCUT2D eigenvalue weighted by Gasteiger charge is -2.15. The highest BCUT2D eigenvalue weighted by Gasteiger charge is 2.07. The number of hydrogen-bond donors (Lipinski definition) is 1. The maximum atomic E-state index is 6.13. The van der Waals surface area contributed by atoms with Gasteiger partial charge in [0, 0.05) is 37.9 Å². The fraction of sp³-hybridized carbons (Fsp3) is 0.571. The van der Waals surface area contributed by atoms with Gasteiger partial charge in [0.15, 0.2) is 0 Å². The summed E-state index contributed by atoms with van der Waals surface area (Å²) in [6.45, 7) is 5.13. The van der Waals surface area contributed by atoms with E-state index in [-0.39, 0.29) is 6.04 Å². The minimum atomic E-state index is 0.237. The van der Waals surface area contributed by atoms with E-state index in [0.717, 1.165) is 36.8 Å². The van der Waals surface area contributed by atoms with E-state index in [2.05, 4.69) is 12.2 Å². The van der Waals surface area contributed by atoms with Crippen LogP contribution in [-0.4, -0.2) is 33.5 Å². The van der Waals surface area contributed by atoms with Gasteiger partial charge in [0.25, 0.3) is 0 Å². The van der Waals surface area contributed by atoms with Gasteiger partial charge in [-0.1, -0.05) is 29.8 Å². The number of hydrogen-bond acceptors (Lipinski definition) is 3. The van der Waals surface area contributed by atoms with Crippen molar-refractivity contribution in [1.29, 1.82) is 0 Å². The first-order chi connectivity index (χ1) is 8.75. The molecule has 102 valence electrons. The molecule has 4 heteroatoms. The van der Waals surface area contributed by atoms with Crippen molar-refractivity contribution in [1.82, 2.24) is 5.32 Å². The van der Waals surface area contributed by atoms with E-state index in [1.54, 1.807) is 7.11 Å².